The number of halogens is 1. The summed E-state index contributed by atoms with van der Waals surface area (Å²) in [6.45, 7) is 5.27. The smallest absolute Gasteiger partial charge is 0.266 e. The highest BCUT2D eigenvalue weighted by Gasteiger charge is 2.32. The number of aliphatic imine (C=N–C) groups is 1. The van der Waals surface area contributed by atoms with Gasteiger partial charge in [-0.05, 0) is 78.7 Å². The van der Waals surface area contributed by atoms with Crippen LogP contribution in [0.2, 0.25) is 5.02 Å². The van der Waals surface area contributed by atoms with Crippen molar-refractivity contribution in [3.8, 4) is 5.75 Å². The molecule has 33 heavy (non-hydrogen) atoms. The van der Waals surface area contributed by atoms with E-state index in [0.717, 1.165) is 29.0 Å². The zero-order chi connectivity index (χ0) is 23.2. The molecule has 0 N–H and O–H groups in total. The molecule has 4 nitrogen and oxygen atoms in total. The fourth-order valence-corrected chi connectivity index (χ4v) is 4.57. The van der Waals surface area contributed by atoms with E-state index < -0.39 is 0 Å². The molecule has 3 aromatic carbocycles. The second-order valence-electron chi connectivity index (χ2n) is 7.78. The minimum atomic E-state index is -0.0191. The first-order valence-corrected chi connectivity index (χ1v) is 12.1. The number of hydrogen-bond acceptors (Lipinski definition) is 4. The van der Waals surface area contributed by atoms with Gasteiger partial charge >= 0.3 is 0 Å². The van der Waals surface area contributed by atoms with Gasteiger partial charge in [-0.15, -0.1) is 0 Å². The summed E-state index contributed by atoms with van der Waals surface area (Å²) in [6.07, 6.45) is 2.76. The first kappa shape index (κ1) is 23.1. The van der Waals surface area contributed by atoms with Crippen molar-refractivity contribution in [3.05, 3.63) is 99.4 Å². The highest BCUT2D eigenvalue weighted by atomic mass is 35.5. The summed E-state index contributed by atoms with van der Waals surface area (Å²) < 4.78 is 5.90. The molecule has 1 saturated heterocycles. The number of rotatable bonds is 7. The standard InChI is InChI=1S/C27H25ClN2O2S/c1-3-15-30-26(31)25(33-27(30)29-23-11-9-22(28)10-12-23)17-20-7-13-24(14-8-20)32-18-21-6-4-5-19(2)16-21/h4-14,16-17H,3,15,18H2,1-2H3/b25-17-,29-27?. The maximum Gasteiger partial charge on any atom is 0.266 e. The van der Waals surface area contributed by atoms with Gasteiger partial charge in [-0.3, -0.25) is 9.69 Å². The maximum absolute atomic E-state index is 13.0. The van der Waals surface area contributed by atoms with Crippen molar-refractivity contribution in [3.63, 3.8) is 0 Å². The van der Waals surface area contributed by atoms with E-state index in [0.29, 0.717) is 28.2 Å². The lowest BCUT2D eigenvalue weighted by molar-refractivity contribution is -0.122. The summed E-state index contributed by atoms with van der Waals surface area (Å²) in [4.78, 5) is 20.1. The summed E-state index contributed by atoms with van der Waals surface area (Å²) >= 11 is 7.37. The topological polar surface area (TPSA) is 41.9 Å². The molecule has 4 rings (SSSR count). The predicted octanol–water partition coefficient (Wildman–Crippen LogP) is 7.24. The third-order valence-electron chi connectivity index (χ3n) is 5.05. The number of aryl methyl sites for hydroxylation is 1. The maximum atomic E-state index is 13.0. The summed E-state index contributed by atoms with van der Waals surface area (Å²) in [5, 5.41) is 1.35. The molecule has 1 aliphatic rings. The molecule has 1 amide bonds. The third kappa shape index (κ3) is 6.06. The minimum absolute atomic E-state index is 0.0191. The average Bonchev–Trinajstić information content (AvgIpc) is 3.09. The van der Waals surface area contributed by atoms with Gasteiger partial charge in [0.05, 0.1) is 10.6 Å². The Bertz CT molecular complexity index is 1190. The monoisotopic (exact) mass is 476 g/mol. The quantitative estimate of drug-likeness (QED) is 0.337. The highest BCUT2D eigenvalue weighted by molar-refractivity contribution is 8.18. The van der Waals surface area contributed by atoms with Crippen molar-refractivity contribution in [1.82, 2.24) is 4.90 Å². The van der Waals surface area contributed by atoms with Gasteiger partial charge in [0, 0.05) is 11.6 Å². The lowest BCUT2D eigenvalue weighted by atomic mass is 10.1. The number of thioether (sulfide) groups is 1. The van der Waals surface area contributed by atoms with E-state index in [4.69, 9.17) is 16.3 Å². The van der Waals surface area contributed by atoms with Crippen molar-refractivity contribution in [2.24, 2.45) is 4.99 Å². The van der Waals surface area contributed by atoms with Crippen LogP contribution in [-0.2, 0) is 11.4 Å². The number of carbonyl (C=O) groups excluding carboxylic acids is 1. The van der Waals surface area contributed by atoms with E-state index in [9.17, 15) is 4.79 Å². The molecule has 0 unspecified atom stereocenters. The number of ether oxygens (including phenoxy) is 1. The van der Waals surface area contributed by atoms with Gasteiger partial charge in [-0.1, -0.05) is 60.5 Å². The van der Waals surface area contributed by atoms with Crippen LogP contribution in [0.4, 0.5) is 5.69 Å². The molecule has 0 aromatic heterocycles. The van der Waals surface area contributed by atoms with Crippen LogP contribution < -0.4 is 4.74 Å². The zero-order valence-corrected chi connectivity index (χ0v) is 20.2. The van der Waals surface area contributed by atoms with Crippen molar-refractivity contribution >= 4 is 46.2 Å². The van der Waals surface area contributed by atoms with E-state index >= 15 is 0 Å². The molecule has 0 saturated carbocycles. The highest BCUT2D eigenvalue weighted by Crippen LogP contribution is 2.34. The molecule has 0 atom stereocenters. The Balaban J connectivity index is 1.48. The van der Waals surface area contributed by atoms with Crippen LogP contribution in [0.3, 0.4) is 0 Å². The molecule has 1 aliphatic heterocycles. The Labute approximate surface area is 203 Å². The fourth-order valence-electron chi connectivity index (χ4n) is 3.42. The van der Waals surface area contributed by atoms with Crippen molar-refractivity contribution < 1.29 is 9.53 Å². The summed E-state index contributed by atoms with van der Waals surface area (Å²) in [6, 6.07) is 23.4. The second-order valence-corrected chi connectivity index (χ2v) is 9.23. The first-order chi connectivity index (χ1) is 16.0. The Morgan fingerprint density at radius 1 is 1.06 bits per heavy atom. The lowest BCUT2D eigenvalue weighted by Gasteiger charge is -2.13. The molecule has 3 aromatic rings. The zero-order valence-electron chi connectivity index (χ0n) is 18.6. The van der Waals surface area contributed by atoms with E-state index in [1.165, 1.54) is 17.3 Å². The molecule has 1 fully saturated rings. The van der Waals surface area contributed by atoms with Gasteiger partial charge in [-0.25, -0.2) is 4.99 Å². The summed E-state index contributed by atoms with van der Waals surface area (Å²) in [7, 11) is 0. The largest absolute Gasteiger partial charge is 0.489 e. The van der Waals surface area contributed by atoms with Gasteiger partial charge in [0.15, 0.2) is 5.17 Å². The molecule has 0 bridgehead atoms. The number of amidine groups is 1. The molecular weight excluding hydrogens is 452 g/mol. The van der Waals surface area contributed by atoms with Crippen LogP contribution in [0.5, 0.6) is 5.75 Å². The van der Waals surface area contributed by atoms with Gasteiger partial charge in [0.25, 0.3) is 5.91 Å². The van der Waals surface area contributed by atoms with Crippen LogP contribution in [0, 0.1) is 6.92 Å². The fraction of sp³-hybridized carbons (Fsp3) is 0.185. The van der Waals surface area contributed by atoms with Gasteiger partial charge in [-0.2, -0.15) is 0 Å². The Hall–Kier alpha value is -3.02. The van der Waals surface area contributed by atoms with Gasteiger partial charge in [0.2, 0.25) is 0 Å². The molecule has 0 spiro atoms. The van der Waals surface area contributed by atoms with Crippen LogP contribution >= 0.6 is 23.4 Å². The summed E-state index contributed by atoms with van der Waals surface area (Å²) in [5.41, 5.74) is 4.07. The molecule has 6 heteroatoms. The number of amides is 1. The first-order valence-electron chi connectivity index (χ1n) is 10.9. The Kier molecular flexibility index (Phi) is 7.53. The second kappa shape index (κ2) is 10.7. The number of carbonyl (C=O) groups is 1. The van der Waals surface area contributed by atoms with Gasteiger partial charge < -0.3 is 4.74 Å². The Morgan fingerprint density at radius 3 is 2.52 bits per heavy atom. The minimum Gasteiger partial charge on any atom is -0.489 e. The third-order valence-corrected chi connectivity index (χ3v) is 6.31. The van der Waals surface area contributed by atoms with Crippen LogP contribution in [0.15, 0.2) is 82.7 Å². The van der Waals surface area contributed by atoms with Crippen molar-refractivity contribution in [2.45, 2.75) is 26.9 Å². The van der Waals surface area contributed by atoms with Crippen LogP contribution in [-0.4, -0.2) is 22.5 Å². The molecule has 0 radical (unpaired) electrons. The van der Waals surface area contributed by atoms with Crippen molar-refractivity contribution in [2.75, 3.05) is 6.54 Å². The number of benzene rings is 3. The molecule has 168 valence electrons. The van der Waals surface area contributed by atoms with E-state index in [-0.39, 0.29) is 5.91 Å². The number of nitrogens with zero attached hydrogens (tertiary/aromatic N) is 2. The SMILES string of the molecule is CCCN1C(=O)/C(=C/c2ccc(OCc3cccc(C)c3)cc2)SC1=Nc1ccc(Cl)cc1. The molecular formula is C27H25ClN2O2S. The van der Waals surface area contributed by atoms with Crippen LogP contribution in [0.25, 0.3) is 6.08 Å². The Morgan fingerprint density at radius 2 is 1.82 bits per heavy atom. The van der Waals surface area contributed by atoms with Gasteiger partial charge in [0.1, 0.15) is 12.4 Å². The van der Waals surface area contributed by atoms with Crippen LogP contribution in [0.1, 0.15) is 30.0 Å². The average molecular weight is 477 g/mol. The molecule has 1 heterocycles. The van der Waals surface area contributed by atoms with E-state index in [1.54, 1.807) is 17.0 Å². The number of hydrogen-bond donors (Lipinski definition) is 0. The van der Waals surface area contributed by atoms with E-state index in [1.807, 2.05) is 48.5 Å². The lowest BCUT2D eigenvalue weighted by Crippen LogP contribution is -2.29. The van der Waals surface area contributed by atoms with Crippen molar-refractivity contribution in [1.29, 1.82) is 0 Å². The normalized spacial score (nSPS) is 16.1. The molecule has 0 aliphatic carbocycles. The predicted molar refractivity (Wildman–Crippen MR) is 138 cm³/mol. The van der Waals surface area contributed by atoms with E-state index in [2.05, 4.69) is 37.0 Å². The summed E-state index contributed by atoms with van der Waals surface area (Å²) in [5.74, 6) is 0.774.